The van der Waals surface area contributed by atoms with Crippen LogP contribution in [0, 0.1) is 12.3 Å². The van der Waals surface area contributed by atoms with Gasteiger partial charge < -0.3 is 10.4 Å². The van der Waals surface area contributed by atoms with Crippen LogP contribution in [0.4, 0.5) is 0 Å². The van der Waals surface area contributed by atoms with Gasteiger partial charge in [-0.15, -0.1) is 0 Å². The summed E-state index contributed by atoms with van der Waals surface area (Å²) < 4.78 is 0. The predicted molar refractivity (Wildman–Crippen MR) is 73.1 cm³/mol. The third-order valence-corrected chi connectivity index (χ3v) is 3.73. The summed E-state index contributed by atoms with van der Waals surface area (Å²) in [7, 11) is 0. The zero-order valence-electron chi connectivity index (χ0n) is 11.5. The molecule has 0 amide bonds. The summed E-state index contributed by atoms with van der Waals surface area (Å²) in [5, 5.41) is 12.9. The van der Waals surface area contributed by atoms with Crippen molar-refractivity contribution in [3.05, 3.63) is 35.4 Å². The van der Waals surface area contributed by atoms with Crippen LogP contribution in [0.15, 0.2) is 24.3 Å². The van der Waals surface area contributed by atoms with Crippen LogP contribution in [0.25, 0.3) is 0 Å². The molecule has 2 nitrogen and oxygen atoms in total. The number of aryl methyl sites for hydroxylation is 1. The third-order valence-electron chi connectivity index (χ3n) is 3.73. The van der Waals surface area contributed by atoms with Gasteiger partial charge in [0.05, 0.1) is 0 Å². The van der Waals surface area contributed by atoms with Crippen LogP contribution in [-0.2, 0) is 0 Å². The van der Waals surface area contributed by atoms with Crippen molar-refractivity contribution in [2.75, 3.05) is 13.2 Å². The average Bonchev–Trinajstić information content (AvgIpc) is 2.36. The molecule has 2 atom stereocenters. The quantitative estimate of drug-likeness (QED) is 0.794. The highest BCUT2D eigenvalue weighted by molar-refractivity contribution is 5.28. The molecule has 0 saturated heterocycles. The number of nitrogens with one attached hydrogen (secondary N) is 1. The molecule has 1 aromatic rings. The molecule has 0 saturated carbocycles. The zero-order valence-corrected chi connectivity index (χ0v) is 11.5. The summed E-state index contributed by atoms with van der Waals surface area (Å²) in [6.07, 6.45) is 0.983. The lowest BCUT2D eigenvalue weighted by Crippen LogP contribution is -2.35. The van der Waals surface area contributed by atoms with Gasteiger partial charge in [0.1, 0.15) is 0 Å². The first-order valence-corrected chi connectivity index (χ1v) is 6.42. The maximum absolute atomic E-state index is 9.38. The second kappa shape index (κ2) is 6.18. The normalized spacial score (nSPS) is 16.5. The number of aliphatic hydroxyl groups excluding tert-OH is 1. The molecule has 96 valence electrons. The SMILES string of the molecule is CCC(C)(CO)CN[C@@H](C)c1ccccc1C. The fourth-order valence-electron chi connectivity index (χ4n) is 1.87. The zero-order chi connectivity index (χ0) is 12.9. The number of rotatable bonds is 6. The van der Waals surface area contributed by atoms with Crippen LogP contribution in [0.2, 0.25) is 0 Å². The first-order chi connectivity index (χ1) is 8.02. The smallest absolute Gasteiger partial charge is 0.0496 e. The summed E-state index contributed by atoms with van der Waals surface area (Å²) in [5.41, 5.74) is 2.63. The first-order valence-electron chi connectivity index (χ1n) is 6.42. The van der Waals surface area contributed by atoms with Gasteiger partial charge in [0, 0.05) is 24.6 Å². The van der Waals surface area contributed by atoms with Crippen LogP contribution < -0.4 is 5.32 Å². The number of hydrogen-bond donors (Lipinski definition) is 2. The minimum Gasteiger partial charge on any atom is -0.396 e. The Morgan fingerprint density at radius 3 is 2.53 bits per heavy atom. The van der Waals surface area contributed by atoms with Gasteiger partial charge in [0.25, 0.3) is 0 Å². The molecule has 0 radical (unpaired) electrons. The van der Waals surface area contributed by atoms with E-state index in [1.165, 1.54) is 11.1 Å². The summed E-state index contributed by atoms with van der Waals surface area (Å²) in [6, 6.07) is 8.77. The Morgan fingerprint density at radius 2 is 2.00 bits per heavy atom. The minimum atomic E-state index is -0.0169. The van der Waals surface area contributed by atoms with Crippen LogP contribution in [0.5, 0.6) is 0 Å². The number of benzene rings is 1. The largest absolute Gasteiger partial charge is 0.396 e. The summed E-state index contributed by atoms with van der Waals surface area (Å²) >= 11 is 0. The van der Waals surface area contributed by atoms with Gasteiger partial charge in [-0.3, -0.25) is 0 Å². The van der Waals surface area contributed by atoms with Crippen molar-refractivity contribution in [1.82, 2.24) is 5.32 Å². The molecule has 0 aliphatic rings. The van der Waals surface area contributed by atoms with Crippen molar-refractivity contribution in [3.8, 4) is 0 Å². The standard InChI is InChI=1S/C15H25NO/c1-5-15(4,11-17)10-16-13(3)14-9-7-6-8-12(14)2/h6-9,13,16-17H,5,10-11H2,1-4H3/t13-,15?/m0/s1. The molecule has 1 unspecified atom stereocenters. The minimum absolute atomic E-state index is 0.0169. The molecule has 0 heterocycles. The molecule has 1 aromatic carbocycles. The van der Waals surface area contributed by atoms with E-state index in [9.17, 15) is 5.11 Å². The van der Waals surface area contributed by atoms with Crippen molar-refractivity contribution < 1.29 is 5.11 Å². The summed E-state index contributed by atoms with van der Waals surface area (Å²) in [4.78, 5) is 0. The van der Waals surface area contributed by atoms with Crippen molar-refractivity contribution in [2.45, 2.75) is 40.2 Å². The van der Waals surface area contributed by atoms with Crippen molar-refractivity contribution in [1.29, 1.82) is 0 Å². The van der Waals surface area contributed by atoms with E-state index in [4.69, 9.17) is 0 Å². The fourth-order valence-corrected chi connectivity index (χ4v) is 1.87. The first kappa shape index (κ1) is 14.2. The Labute approximate surface area is 105 Å². The Hall–Kier alpha value is -0.860. The fraction of sp³-hybridized carbons (Fsp3) is 0.600. The van der Waals surface area contributed by atoms with Crippen molar-refractivity contribution in [2.24, 2.45) is 5.41 Å². The van der Waals surface area contributed by atoms with E-state index in [1.54, 1.807) is 0 Å². The van der Waals surface area contributed by atoms with Gasteiger partial charge in [-0.1, -0.05) is 38.1 Å². The van der Waals surface area contributed by atoms with Crippen LogP contribution >= 0.6 is 0 Å². The third kappa shape index (κ3) is 3.83. The maximum atomic E-state index is 9.38. The van der Waals surface area contributed by atoms with Crippen molar-refractivity contribution in [3.63, 3.8) is 0 Å². The molecule has 0 aliphatic carbocycles. The van der Waals surface area contributed by atoms with Crippen LogP contribution in [0.3, 0.4) is 0 Å². The Balaban J connectivity index is 2.62. The Bertz CT molecular complexity index is 345. The topological polar surface area (TPSA) is 32.3 Å². The van der Waals surface area contributed by atoms with E-state index in [1.807, 2.05) is 0 Å². The molecule has 17 heavy (non-hydrogen) atoms. The highest BCUT2D eigenvalue weighted by Gasteiger charge is 2.21. The molecule has 0 fully saturated rings. The Morgan fingerprint density at radius 1 is 1.35 bits per heavy atom. The highest BCUT2D eigenvalue weighted by atomic mass is 16.3. The summed E-state index contributed by atoms with van der Waals surface area (Å²) in [5.74, 6) is 0. The number of hydrogen-bond acceptors (Lipinski definition) is 2. The van der Waals surface area contributed by atoms with E-state index in [0.29, 0.717) is 6.04 Å². The lowest BCUT2D eigenvalue weighted by atomic mass is 9.88. The van der Waals surface area contributed by atoms with Gasteiger partial charge in [0.2, 0.25) is 0 Å². The molecule has 0 aliphatic heterocycles. The van der Waals surface area contributed by atoms with E-state index in [-0.39, 0.29) is 12.0 Å². The molecule has 2 N–H and O–H groups in total. The van der Waals surface area contributed by atoms with Crippen LogP contribution in [0.1, 0.15) is 44.4 Å². The highest BCUT2D eigenvalue weighted by Crippen LogP contribution is 2.22. The predicted octanol–water partition coefficient (Wildman–Crippen LogP) is 3.05. The molecule has 1 rings (SSSR count). The molecule has 0 aromatic heterocycles. The maximum Gasteiger partial charge on any atom is 0.0496 e. The lowest BCUT2D eigenvalue weighted by Gasteiger charge is -2.28. The van der Waals surface area contributed by atoms with Crippen molar-refractivity contribution >= 4 is 0 Å². The van der Waals surface area contributed by atoms with Gasteiger partial charge >= 0.3 is 0 Å². The molecule has 0 spiro atoms. The lowest BCUT2D eigenvalue weighted by molar-refractivity contribution is 0.132. The molecular weight excluding hydrogens is 210 g/mol. The van der Waals surface area contributed by atoms with Crippen LogP contribution in [-0.4, -0.2) is 18.3 Å². The summed E-state index contributed by atoms with van der Waals surface area (Å²) in [6.45, 7) is 9.63. The number of aliphatic hydroxyl groups is 1. The monoisotopic (exact) mass is 235 g/mol. The van der Waals surface area contributed by atoms with Gasteiger partial charge in [-0.2, -0.15) is 0 Å². The molecular formula is C15H25NO. The average molecular weight is 235 g/mol. The molecule has 0 bridgehead atoms. The Kier molecular flexibility index (Phi) is 5.16. The van der Waals surface area contributed by atoms with E-state index in [2.05, 4.69) is 57.3 Å². The second-order valence-electron chi connectivity index (χ2n) is 5.28. The van der Waals surface area contributed by atoms with E-state index >= 15 is 0 Å². The van der Waals surface area contributed by atoms with Gasteiger partial charge in [0.15, 0.2) is 0 Å². The second-order valence-corrected chi connectivity index (χ2v) is 5.28. The van der Waals surface area contributed by atoms with E-state index < -0.39 is 0 Å². The van der Waals surface area contributed by atoms with Gasteiger partial charge in [-0.25, -0.2) is 0 Å². The molecule has 2 heteroatoms. The van der Waals surface area contributed by atoms with E-state index in [0.717, 1.165) is 13.0 Å². The van der Waals surface area contributed by atoms with Gasteiger partial charge in [-0.05, 0) is 31.4 Å².